The highest BCUT2D eigenvalue weighted by atomic mass is 79.9. The van der Waals surface area contributed by atoms with Crippen molar-refractivity contribution in [1.82, 2.24) is 0 Å². The Bertz CT molecular complexity index is 681. The zero-order chi connectivity index (χ0) is 12.2. The van der Waals surface area contributed by atoms with Gasteiger partial charge in [0.25, 0.3) is 0 Å². The van der Waals surface area contributed by atoms with Gasteiger partial charge in [0.15, 0.2) is 0 Å². The van der Waals surface area contributed by atoms with Crippen molar-refractivity contribution in [3.63, 3.8) is 0 Å². The van der Waals surface area contributed by atoms with Gasteiger partial charge >= 0.3 is 0 Å². The average Bonchev–Trinajstić information content (AvgIpc) is 2.58. The fraction of sp³-hybridized carbons (Fsp3) is 0.143. The van der Waals surface area contributed by atoms with Crippen LogP contribution in [0, 0.1) is 13.8 Å². The first kappa shape index (κ1) is 11.5. The molecule has 0 atom stereocenters. The molecule has 2 aromatic carbocycles. The van der Waals surface area contributed by atoms with Gasteiger partial charge in [0.1, 0.15) is 0 Å². The summed E-state index contributed by atoms with van der Waals surface area (Å²) in [5.41, 5.74) is 2.41. The molecule has 3 heteroatoms. The van der Waals surface area contributed by atoms with Crippen molar-refractivity contribution in [3.8, 4) is 0 Å². The SMILES string of the molecule is Cc1cc2c(cc1Cl)sc1cc(Br)c(C)cc12. The van der Waals surface area contributed by atoms with E-state index in [-0.39, 0.29) is 0 Å². The van der Waals surface area contributed by atoms with E-state index < -0.39 is 0 Å². The van der Waals surface area contributed by atoms with Crippen LogP contribution in [-0.4, -0.2) is 0 Å². The first-order chi connectivity index (χ1) is 8.06. The first-order valence-electron chi connectivity index (χ1n) is 5.35. The van der Waals surface area contributed by atoms with Crippen molar-refractivity contribution in [2.45, 2.75) is 13.8 Å². The van der Waals surface area contributed by atoms with Crippen LogP contribution >= 0.6 is 38.9 Å². The largest absolute Gasteiger partial charge is 0.135 e. The van der Waals surface area contributed by atoms with E-state index in [1.165, 1.54) is 30.2 Å². The second-order valence-electron chi connectivity index (χ2n) is 4.30. The molecule has 0 aliphatic heterocycles. The highest BCUT2D eigenvalue weighted by molar-refractivity contribution is 9.10. The predicted octanol–water partition coefficient (Wildman–Crippen LogP) is 6.09. The lowest BCUT2D eigenvalue weighted by molar-refractivity contribution is 1.47. The summed E-state index contributed by atoms with van der Waals surface area (Å²) >= 11 is 11.6. The third-order valence-electron chi connectivity index (χ3n) is 3.03. The highest BCUT2D eigenvalue weighted by Gasteiger charge is 2.09. The molecular formula is C14H10BrClS. The second-order valence-corrected chi connectivity index (χ2v) is 6.64. The molecular weight excluding hydrogens is 316 g/mol. The van der Waals surface area contributed by atoms with Gasteiger partial charge in [0.05, 0.1) is 0 Å². The van der Waals surface area contributed by atoms with Crippen molar-refractivity contribution in [3.05, 3.63) is 44.9 Å². The molecule has 0 saturated heterocycles. The van der Waals surface area contributed by atoms with E-state index in [9.17, 15) is 0 Å². The molecule has 0 fully saturated rings. The molecule has 0 radical (unpaired) electrons. The van der Waals surface area contributed by atoms with Gasteiger partial charge < -0.3 is 0 Å². The summed E-state index contributed by atoms with van der Waals surface area (Å²) in [7, 11) is 0. The molecule has 17 heavy (non-hydrogen) atoms. The van der Waals surface area contributed by atoms with Crippen LogP contribution in [0.15, 0.2) is 28.7 Å². The Balaban J connectivity index is 2.51. The van der Waals surface area contributed by atoms with Crippen LogP contribution in [0.5, 0.6) is 0 Å². The van der Waals surface area contributed by atoms with E-state index in [0.717, 1.165) is 10.6 Å². The van der Waals surface area contributed by atoms with E-state index in [4.69, 9.17) is 11.6 Å². The van der Waals surface area contributed by atoms with Gasteiger partial charge in [-0.25, -0.2) is 0 Å². The van der Waals surface area contributed by atoms with Gasteiger partial charge in [0.2, 0.25) is 0 Å². The predicted molar refractivity (Wildman–Crippen MR) is 81.5 cm³/mol. The number of benzene rings is 2. The summed E-state index contributed by atoms with van der Waals surface area (Å²) in [5, 5.41) is 3.48. The van der Waals surface area contributed by atoms with Crippen LogP contribution in [0.4, 0.5) is 0 Å². The Labute approximate surface area is 117 Å². The minimum Gasteiger partial charge on any atom is -0.135 e. The molecule has 0 aliphatic rings. The lowest BCUT2D eigenvalue weighted by Gasteiger charge is -2.00. The molecule has 3 aromatic rings. The van der Waals surface area contributed by atoms with Gasteiger partial charge in [-0.15, -0.1) is 11.3 Å². The fourth-order valence-corrected chi connectivity index (χ4v) is 3.91. The highest BCUT2D eigenvalue weighted by Crippen LogP contribution is 2.38. The van der Waals surface area contributed by atoms with Crippen LogP contribution in [0.25, 0.3) is 20.2 Å². The van der Waals surface area contributed by atoms with Crippen LogP contribution < -0.4 is 0 Å². The summed E-state index contributed by atoms with van der Waals surface area (Å²) in [5.74, 6) is 0. The lowest BCUT2D eigenvalue weighted by Crippen LogP contribution is -1.76. The zero-order valence-corrected chi connectivity index (χ0v) is 12.6. The number of hydrogen-bond acceptors (Lipinski definition) is 1. The third-order valence-corrected chi connectivity index (χ3v) is 5.41. The Morgan fingerprint density at radius 3 is 2.24 bits per heavy atom. The first-order valence-corrected chi connectivity index (χ1v) is 7.33. The number of hydrogen-bond donors (Lipinski definition) is 0. The van der Waals surface area contributed by atoms with E-state index in [1.807, 2.05) is 0 Å². The Morgan fingerprint density at radius 1 is 0.941 bits per heavy atom. The molecule has 3 rings (SSSR count). The number of aryl methyl sites for hydroxylation is 2. The molecule has 0 saturated carbocycles. The van der Waals surface area contributed by atoms with Crippen molar-refractivity contribution >= 4 is 59.0 Å². The van der Waals surface area contributed by atoms with Gasteiger partial charge in [-0.05, 0) is 49.2 Å². The summed E-state index contributed by atoms with van der Waals surface area (Å²) in [6.07, 6.45) is 0. The van der Waals surface area contributed by atoms with Crippen LogP contribution in [-0.2, 0) is 0 Å². The van der Waals surface area contributed by atoms with Crippen LogP contribution in [0.1, 0.15) is 11.1 Å². The Kier molecular flexibility index (Phi) is 2.69. The van der Waals surface area contributed by atoms with E-state index in [1.54, 1.807) is 11.3 Å². The molecule has 0 aliphatic carbocycles. The van der Waals surface area contributed by atoms with Gasteiger partial charge in [-0.2, -0.15) is 0 Å². The number of rotatable bonds is 0. The number of fused-ring (bicyclic) bond motifs is 3. The third kappa shape index (κ3) is 1.79. The summed E-state index contributed by atoms with van der Waals surface area (Å²) in [6, 6.07) is 8.69. The lowest BCUT2D eigenvalue weighted by atomic mass is 10.1. The molecule has 0 amide bonds. The quantitative estimate of drug-likeness (QED) is 0.469. The van der Waals surface area contributed by atoms with Crippen molar-refractivity contribution in [1.29, 1.82) is 0 Å². The molecule has 1 aromatic heterocycles. The standard InChI is InChI=1S/C14H10BrClS/c1-7-3-9-10-4-8(2)12(16)6-14(10)17-13(9)5-11(7)15/h3-6H,1-2H3. The minimum absolute atomic E-state index is 0.847. The topological polar surface area (TPSA) is 0 Å². The fourth-order valence-electron chi connectivity index (χ4n) is 2.03. The number of thiophene rings is 1. The van der Waals surface area contributed by atoms with Crippen molar-refractivity contribution < 1.29 is 0 Å². The molecule has 86 valence electrons. The number of halogens is 2. The molecule has 0 nitrogen and oxygen atoms in total. The van der Waals surface area contributed by atoms with E-state index in [2.05, 4.69) is 54.0 Å². The van der Waals surface area contributed by atoms with Gasteiger partial charge in [0, 0.05) is 29.7 Å². The average molecular weight is 326 g/mol. The maximum absolute atomic E-state index is 6.18. The normalized spacial score (nSPS) is 11.5. The molecule has 0 unspecified atom stereocenters. The summed E-state index contributed by atoms with van der Waals surface area (Å²) in [4.78, 5) is 0. The van der Waals surface area contributed by atoms with Gasteiger partial charge in [-0.3, -0.25) is 0 Å². The van der Waals surface area contributed by atoms with Gasteiger partial charge in [-0.1, -0.05) is 27.5 Å². The molecule has 0 spiro atoms. The molecule has 0 bridgehead atoms. The Hall–Kier alpha value is -0.570. The van der Waals surface area contributed by atoms with Crippen molar-refractivity contribution in [2.75, 3.05) is 0 Å². The molecule has 0 N–H and O–H groups in total. The minimum atomic E-state index is 0.847. The van der Waals surface area contributed by atoms with Crippen LogP contribution in [0.2, 0.25) is 5.02 Å². The maximum Gasteiger partial charge on any atom is 0.0449 e. The maximum atomic E-state index is 6.18. The molecule has 1 heterocycles. The summed E-state index contributed by atoms with van der Waals surface area (Å²) in [6.45, 7) is 4.17. The van der Waals surface area contributed by atoms with Crippen molar-refractivity contribution in [2.24, 2.45) is 0 Å². The zero-order valence-electron chi connectivity index (χ0n) is 9.47. The van der Waals surface area contributed by atoms with E-state index >= 15 is 0 Å². The second kappa shape index (κ2) is 3.98. The van der Waals surface area contributed by atoms with E-state index in [0.29, 0.717) is 0 Å². The van der Waals surface area contributed by atoms with Crippen LogP contribution in [0.3, 0.4) is 0 Å². The Morgan fingerprint density at radius 2 is 1.53 bits per heavy atom. The summed E-state index contributed by atoms with van der Waals surface area (Å²) < 4.78 is 3.73. The smallest absolute Gasteiger partial charge is 0.0449 e. The monoisotopic (exact) mass is 324 g/mol.